The first kappa shape index (κ1) is 16.8. The van der Waals surface area contributed by atoms with Crippen LogP contribution < -0.4 is 0 Å². The zero-order chi connectivity index (χ0) is 16.4. The monoisotopic (exact) mass is 354 g/mol. The summed E-state index contributed by atoms with van der Waals surface area (Å²) >= 11 is 1.49. The minimum Gasteiger partial charge on any atom is -0.339 e. The number of nitrogens with zero attached hydrogens (tertiary/aromatic N) is 2. The van der Waals surface area contributed by atoms with Gasteiger partial charge in [0.05, 0.1) is 10.6 Å². The summed E-state index contributed by atoms with van der Waals surface area (Å²) in [6.07, 6.45) is 5.02. The van der Waals surface area contributed by atoms with E-state index in [-0.39, 0.29) is 5.91 Å². The first-order chi connectivity index (χ1) is 11.0. The number of carbonyl (C=O) groups excluding carboxylic acids is 1. The normalized spacial score (nSPS) is 18.9. The average Bonchev–Trinajstić information content (AvgIpc) is 3.03. The molecule has 0 N–H and O–H groups in total. The van der Waals surface area contributed by atoms with Gasteiger partial charge in [-0.05, 0) is 48.8 Å². The maximum Gasteiger partial charge on any atom is 0.243 e. The lowest BCUT2D eigenvalue weighted by atomic mass is 10.1. The molecular weight excluding hydrogens is 332 g/mol. The van der Waals surface area contributed by atoms with Crippen LogP contribution in [0.4, 0.5) is 0 Å². The largest absolute Gasteiger partial charge is 0.339 e. The van der Waals surface area contributed by atoms with Gasteiger partial charge in [0.2, 0.25) is 15.9 Å². The fraction of sp³-hybridized carbons (Fsp3) is 0.562. The Hall–Kier alpha value is -1.05. The third-order valence-electron chi connectivity index (χ3n) is 4.57. The van der Waals surface area contributed by atoms with Crippen LogP contribution in [-0.2, 0) is 27.7 Å². The molecular formula is C16H22N2O3S2. The number of carbonyl (C=O) groups is 1. The fourth-order valence-corrected chi connectivity index (χ4v) is 5.15. The molecule has 0 saturated carbocycles. The molecule has 2 aliphatic rings. The predicted octanol–water partition coefficient (Wildman–Crippen LogP) is 1.37. The first-order valence-corrected chi connectivity index (χ1v) is 10.7. The highest BCUT2D eigenvalue weighted by atomic mass is 32.2. The van der Waals surface area contributed by atoms with Crippen LogP contribution in [0.25, 0.3) is 0 Å². The van der Waals surface area contributed by atoms with E-state index in [9.17, 15) is 13.2 Å². The standard InChI is InChI=1S/C16H22N2O3S2/c1-22-12-16(19)17-7-9-18(10-8-17)23(20,21)15-6-5-13-3-2-4-14(13)11-15/h5-6,11H,2-4,7-10,12H2,1H3. The predicted molar refractivity (Wildman–Crippen MR) is 92.2 cm³/mol. The van der Waals surface area contributed by atoms with Gasteiger partial charge in [0.15, 0.2) is 0 Å². The highest BCUT2D eigenvalue weighted by Crippen LogP contribution is 2.26. The smallest absolute Gasteiger partial charge is 0.243 e. The van der Waals surface area contributed by atoms with Gasteiger partial charge < -0.3 is 4.90 Å². The molecule has 1 aromatic rings. The van der Waals surface area contributed by atoms with E-state index in [2.05, 4.69) is 0 Å². The number of thioether (sulfide) groups is 1. The Balaban J connectivity index is 1.71. The summed E-state index contributed by atoms with van der Waals surface area (Å²) < 4.78 is 27.1. The quantitative estimate of drug-likeness (QED) is 0.819. The lowest BCUT2D eigenvalue weighted by molar-refractivity contribution is -0.129. The number of benzene rings is 1. The Morgan fingerprint density at radius 2 is 1.83 bits per heavy atom. The van der Waals surface area contributed by atoms with Crippen molar-refractivity contribution >= 4 is 27.7 Å². The van der Waals surface area contributed by atoms with Gasteiger partial charge in [0.1, 0.15) is 0 Å². The summed E-state index contributed by atoms with van der Waals surface area (Å²) in [5.41, 5.74) is 2.44. The average molecular weight is 354 g/mol. The highest BCUT2D eigenvalue weighted by molar-refractivity contribution is 7.99. The van der Waals surface area contributed by atoms with Crippen LogP contribution in [0.5, 0.6) is 0 Å². The molecule has 5 nitrogen and oxygen atoms in total. The van der Waals surface area contributed by atoms with Gasteiger partial charge in [-0.1, -0.05) is 6.07 Å². The minimum absolute atomic E-state index is 0.0899. The number of sulfonamides is 1. The molecule has 0 atom stereocenters. The molecule has 1 fully saturated rings. The molecule has 1 aliphatic carbocycles. The summed E-state index contributed by atoms with van der Waals surface area (Å²) in [4.78, 5) is 14.0. The van der Waals surface area contributed by atoms with Gasteiger partial charge in [0.25, 0.3) is 0 Å². The Kier molecular flexibility index (Phi) is 4.98. The van der Waals surface area contributed by atoms with Crippen molar-refractivity contribution in [3.63, 3.8) is 0 Å². The molecule has 1 saturated heterocycles. The van der Waals surface area contributed by atoms with Gasteiger partial charge in [-0.2, -0.15) is 16.1 Å². The molecule has 1 heterocycles. The van der Waals surface area contributed by atoms with E-state index in [0.29, 0.717) is 36.8 Å². The zero-order valence-corrected chi connectivity index (χ0v) is 15.0. The van der Waals surface area contributed by atoms with Crippen LogP contribution in [0.15, 0.2) is 23.1 Å². The van der Waals surface area contributed by atoms with Crippen molar-refractivity contribution < 1.29 is 13.2 Å². The van der Waals surface area contributed by atoms with Gasteiger partial charge in [0, 0.05) is 26.2 Å². The second kappa shape index (κ2) is 6.83. The number of hydrogen-bond acceptors (Lipinski definition) is 4. The van der Waals surface area contributed by atoms with Gasteiger partial charge >= 0.3 is 0 Å². The van der Waals surface area contributed by atoms with Crippen LogP contribution in [-0.4, -0.2) is 61.7 Å². The molecule has 1 aromatic carbocycles. The second-order valence-corrected chi connectivity index (χ2v) is 8.81. The molecule has 0 bridgehead atoms. The van der Waals surface area contributed by atoms with E-state index < -0.39 is 10.0 Å². The number of rotatable bonds is 4. The van der Waals surface area contributed by atoms with Gasteiger partial charge in [-0.15, -0.1) is 0 Å². The third kappa shape index (κ3) is 3.41. The first-order valence-electron chi connectivity index (χ1n) is 7.91. The SMILES string of the molecule is CSCC(=O)N1CCN(S(=O)(=O)c2ccc3c(c2)CCC3)CC1. The number of fused-ring (bicyclic) bond motifs is 1. The molecule has 0 spiro atoms. The number of amides is 1. The molecule has 7 heteroatoms. The molecule has 1 amide bonds. The lowest BCUT2D eigenvalue weighted by Crippen LogP contribution is -2.50. The fourth-order valence-electron chi connectivity index (χ4n) is 3.25. The van der Waals surface area contributed by atoms with E-state index >= 15 is 0 Å². The van der Waals surface area contributed by atoms with Crippen LogP contribution in [0.2, 0.25) is 0 Å². The Morgan fingerprint density at radius 3 is 2.52 bits per heavy atom. The van der Waals surface area contributed by atoms with Crippen molar-refractivity contribution in [3.8, 4) is 0 Å². The molecule has 126 valence electrons. The van der Waals surface area contributed by atoms with Crippen molar-refractivity contribution in [3.05, 3.63) is 29.3 Å². The van der Waals surface area contributed by atoms with Gasteiger partial charge in [-0.3, -0.25) is 4.79 Å². The number of aryl methyl sites for hydroxylation is 2. The molecule has 1 aliphatic heterocycles. The maximum absolute atomic E-state index is 12.8. The van der Waals surface area contributed by atoms with E-state index in [0.717, 1.165) is 19.3 Å². The van der Waals surface area contributed by atoms with E-state index in [1.807, 2.05) is 18.4 Å². The number of hydrogen-bond donors (Lipinski definition) is 0. The minimum atomic E-state index is -3.45. The highest BCUT2D eigenvalue weighted by Gasteiger charge is 2.30. The van der Waals surface area contributed by atoms with Crippen molar-refractivity contribution in [1.82, 2.24) is 9.21 Å². The van der Waals surface area contributed by atoms with E-state index in [4.69, 9.17) is 0 Å². The zero-order valence-electron chi connectivity index (χ0n) is 13.3. The topological polar surface area (TPSA) is 57.7 Å². The Labute approximate surface area is 142 Å². The van der Waals surface area contributed by atoms with E-state index in [1.54, 1.807) is 11.0 Å². The van der Waals surface area contributed by atoms with Crippen molar-refractivity contribution in [2.24, 2.45) is 0 Å². The van der Waals surface area contributed by atoms with Crippen LogP contribution in [0, 0.1) is 0 Å². The van der Waals surface area contributed by atoms with Crippen LogP contribution in [0.3, 0.4) is 0 Å². The van der Waals surface area contributed by atoms with Crippen molar-refractivity contribution in [1.29, 1.82) is 0 Å². The summed E-state index contributed by atoms with van der Waals surface area (Å²) in [6.45, 7) is 1.70. The van der Waals surface area contributed by atoms with Gasteiger partial charge in [-0.25, -0.2) is 8.42 Å². The third-order valence-corrected chi connectivity index (χ3v) is 7.00. The van der Waals surface area contributed by atoms with Crippen LogP contribution in [0.1, 0.15) is 17.5 Å². The van der Waals surface area contributed by atoms with E-state index in [1.165, 1.54) is 27.2 Å². The summed E-state index contributed by atoms with van der Waals surface area (Å²) in [6, 6.07) is 5.51. The lowest BCUT2D eigenvalue weighted by Gasteiger charge is -2.34. The molecule has 0 radical (unpaired) electrons. The van der Waals surface area contributed by atoms with Crippen molar-refractivity contribution in [2.75, 3.05) is 38.2 Å². The maximum atomic E-state index is 12.8. The Bertz CT molecular complexity index is 695. The summed E-state index contributed by atoms with van der Waals surface area (Å²) in [5.74, 6) is 0.546. The Morgan fingerprint density at radius 1 is 1.13 bits per heavy atom. The van der Waals surface area contributed by atoms with Crippen molar-refractivity contribution in [2.45, 2.75) is 24.2 Å². The molecule has 0 unspecified atom stereocenters. The van der Waals surface area contributed by atoms with Crippen LogP contribution >= 0.6 is 11.8 Å². The molecule has 23 heavy (non-hydrogen) atoms. The number of piperazine rings is 1. The molecule has 3 rings (SSSR count). The summed E-state index contributed by atoms with van der Waals surface area (Å²) in [5, 5.41) is 0. The summed E-state index contributed by atoms with van der Waals surface area (Å²) in [7, 11) is -3.45. The second-order valence-electron chi connectivity index (χ2n) is 6.00. The molecule has 0 aromatic heterocycles.